The lowest BCUT2D eigenvalue weighted by atomic mass is 9.76. The van der Waals surface area contributed by atoms with Crippen molar-refractivity contribution in [2.24, 2.45) is 0 Å². The molecule has 104 valence electrons. The summed E-state index contributed by atoms with van der Waals surface area (Å²) in [6.45, 7) is 1.87. The molecular formula is C12H13Br2NO3S. The highest BCUT2D eigenvalue weighted by Crippen LogP contribution is 2.38. The molecule has 0 saturated heterocycles. The summed E-state index contributed by atoms with van der Waals surface area (Å²) in [5.74, 6) is -0.585. The second-order valence-corrected chi connectivity index (χ2v) is 7.66. The molecule has 1 N–H and O–H groups in total. The predicted octanol–water partition coefficient (Wildman–Crippen LogP) is 3.41. The molecule has 0 aromatic carbocycles. The topological polar surface area (TPSA) is 55.4 Å². The first-order valence-corrected chi connectivity index (χ1v) is 8.17. The summed E-state index contributed by atoms with van der Waals surface area (Å²) in [6.07, 6.45) is 2.20. The number of amides is 1. The maximum absolute atomic E-state index is 12.3. The van der Waals surface area contributed by atoms with Gasteiger partial charge in [0.2, 0.25) is 0 Å². The summed E-state index contributed by atoms with van der Waals surface area (Å²) >= 11 is 8.15. The van der Waals surface area contributed by atoms with Gasteiger partial charge in [0, 0.05) is 4.47 Å². The van der Waals surface area contributed by atoms with E-state index in [4.69, 9.17) is 4.74 Å². The number of nitrogens with one attached hydrogen (secondary N) is 1. The van der Waals surface area contributed by atoms with Crippen LogP contribution in [0, 0.1) is 6.92 Å². The van der Waals surface area contributed by atoms with E-state index >= 15 is 0 Å². The molecule has 1 fully saturated rings. The fraction of sp³-hybridized carbons (Fsp3) is 0.500. The number of methoxy groups -OCH3 is 1. The zero-order valence-electron chi connectivity index (χ0n) is 10.5. The average molecular weight is 411 g/mol. The van der Waals surface area contributed by atoms with Gasteiger partial charge in [0.1, 0.15) is 5.54 Å². The lowest BCUT2D eigenvalue weighted by Gasteiger charge is -2.39. The van der Waals surface area contributed by atoms with Gasteiger partial charge in [-0.25, -0.2) is 4.79 Å². The first-order chi connectivity index (χ1) is 8.91. The smallest absolute Gasteiger partial charge is 0.331 e. The van der Waals surface area contributed by atoms with Crippen molar-refractivity contribution in [3.8, 4) is 0 Å². The monoisotopic (exact) mass is 409 g/mol. The maximum atomic E-state index is 12.3. The normalized spacial score (nSPS) is 16.6. The van der Waals surface area contributed by atoms with Gasteiger partial charge in [-0.3, -0.25) is 4.79 Å². The number of carbonyl (C=O) groups excluding carboxylic acids is 2. The zero-order chi connectivity index (χ0) is 14.2. The lowest BCUT2D eigenvalue weighted by Crippen LogP contribution is -2.59. The molecule has 1 aromatic rings. The number of halogens is 2. The van der Waals surface area contributed by atoms with Crippen LogP contribution in [0.3, 0.4) is 0 Å². The fourth-order valence-electron chi connectivity index (χ4n) is 2.05. The van der Waals surface area contributed by atoms with Crippen molar-refractivity contribution in [1.82, 2.24) is 5.32 Å². The SMILES string of the molecule is COC(=O)C1(NC(=O)c2sc(Br)c(Br)c2C)CCC1. The van der Waals surface area contributed by atoms with Crippen LogP contribution in [-0.2, 0) is 9.53 Å². The summed E-state index contributed by atoms with van der Waals surface area (Å²) in [7, 11) is 1.35. The molecule has 0 bridgehead atoms. The van der Waals surface area contributed by atoms with Gasteiger partial charge >= 0.3 is 5.97 Å². The minimum atomic E-state index is -0.832. The lowest BCUT2D eigenvalue weighted by molar-refractivity contribution is -0.152. The summed E-state index contributed by atoms with van der Waals surface area (Å²) < 4.78 is 6.53. The predicted molar refractivity (Wildman–Crippen MR) is 80.5 cm³/mol. The van der Waals surface area contributed by atoms with E-state index in [1.165, 1.54) is 18.4 Å². The van der Waals surface area contributed by atoms with Gasteiger partial charge in [-0.2, -0.15) is 0 Å². The van der Waals surface area contributed by atoms with E-state index in [2.05, 4.69) is 37.2 Å². The number of hydrogen-bond acceptors (Lipinski definition) is 4. The number of carbonyl (C=O) groups is 2. The summed E-state index contributed by atoms with van der Waals surface area (Å²) in [4.78, 5) is 24.7. The molecule has 0 unspecified atom stereocenters. The molecule has 19 heavy (non-hydrogen) atoms. The third-order valence-electron chi connectivity index (χ3n) is 3.38. The van der Waals surface area contributed by atoms with Crippen molar-refractivity contribution >= 4 is 55.1 Å². The number of hydrogen-bond donors (Lipinski definition) is 1. The van der Waals surface area contributed by atoms with E-state index in [9.17, 15) is 9.59 Å². The number of esters is 1. The van der Waals surface area contributed by atoms with Gasteiger partial charge < -0.3 is 10.1 Å². The molecule has 0 radical (unpaired) electrons. The van der Waals surface area contributed by atoms with Crippen LogP contribution in [0.5, 0.6) is 0 Å². The maximum Gasteiger partial charge on any atom is 0.331 e. The van der Waals surface area contributed by atoms with E-state index in [0.717, 1.165) is 20.2 Å². The van der Waals surface area contributed by atoms with Gasteiger partial charge in [0.05, 0.1) is 15.8 Å². The van der Waals surface area contributed by atoms with Crippen molar-refractivity contribution in [2.75, 3.05) is 7.11 Å². The molecule has 2 rings (SSSR count). The third-order valence-corrected chi connectivity index (χ3v) is 7.12. The Morgan fingerprint density at radius 3 is 2.37 bits per heavy atom. The molecule has 0 aliphatic heterocycles. The quantitative estimate of drug-likeness (QED) is 0.776. The Bertz CT molecular complexity index is 537. The van der Waals surface area contributed by atoms with E-state index in [0.29, 0.717) is 17.7 Å². The van der Waals surface area contributed by atoms with Crippen LogP contribution in [-0.4, -0.2) is 24.5 Å². The molecule has 7 heteroatoms. The Morgan fingerprint density at radius 2 is 2.00 bits per heavy atom. The van der Waals surface area contributed by atoms with Crippen LogP contribution in [0.2, 0.25) is 0 Å². The van der Waals surface area contributed by atoms with Crippen molar-refractivity contribution in [2.45, 2.75) is 31.7 Å². The number of rotatable bonds is 3. The second kappa shape index (κ2) is 5.54. The van der Waals surface area contributed by atoms with Gasteiger partial charge in [0.25, 0.3) is 5.91 Å². The molecule has 1 amide bonds. The largest absolute Gasteiger partial charge is 0.467 e. The zero-order valence-corrected chi connectivity index (χ0v) is 14.5. The van der Waals surface area contributed by atoms with Gasteiger partial charge in [-0.1, -0.05) is 0 Å². The minimum Gasteiger partial charge on any atom is -0.467 e. The Hall–Kier alpha value is -0.400. The Labute approximate surface area is 132 Å². The molecule has 0 spiro atoms. The van der Waals surface area contributed by atoms with E-state index in [1.807, 2.05) is 6.92 Å². The molecular weight excluding hydrogens is 398 g/mol. The van der Waals surface area contributed by atoms with Gasteiger partial charge in [0.15, 0.2) is 0 Å². The first-order valence-electron chi connectivity index (χ1n) is 5.76. The fourth-order valence-corrected chi connectivity index (χ4v) is 4.23. The Balaban J connectivity index is 2.21. The van der Waals surface area contributed by atoms with Crippen LogP contribution in [0.15, 0.2) is 8.26 Å². The third kappa shape index (κ3) is 2.60. The highest BCUT2D eigenvalue weighted by atomic mass is 79.9. The van der Waals surface area contributed by atoms with Crippen LogP contribution in [0.1, 0.15) is 34.5 Å². The van der Waals surface area contributed by atoms with Gasteiger partial charge in [-0.05, 0) is 63.6 Å². The molecule has 0 atom stereocenters. The van der Waals surface area contributed by atoms with Crippen LogP contribution >= 0.6 is 43.2 Å². The summed E-state index contributed by atoms with van der Waals surface area (Å²) in [6, 6.07) is 0. The number of ether oxygens (including phenoxy) is 1. The van der Waals surface area contributed by atoms with Crippen molar-refractivity contribution in [3.63, 3.8) is 0 Å². The molecule has 1 saturated carbocycles. The summed E-state index contributed by atoms with van der Waals surface area (Å²) in [5.41, 5.74) is 0.0371. The highest BCUT2D eigenvalue weighted by Gasteiger charge is 2.47. The van der Waals surface area contributed by atoms with Crippen molar-refractivity contribution in [1.29, 1.82) is 0 Å². The minimum absolute atomic E-state index is 0.223. The van der Waals surface area contributed by atoms with Crippen LogP contribution in [0.4, 0.5) is 0 Å². The Morgan fingerprint density at radius 1 is 1.37 bits per heavy atom. The summed E-state index contributed by atoms with van der Waals surface area (Å²) in [5, 5.41) is 2.83. The average Bonchev–Trinajstić information content (AvgIpc) is 2.60. The molecule has 1 aliphatic rings. The van der Waals surface area contributed by atoms with Crippen molar-refractivity contribution in [3.05, 3.63) is 18.7 Å². The molecule has 1 aliphatic carbocycles. The standard InChI is InChI=1S/C12H13Br2NO3S/c1-6-7(13)9(14)19-8(6)10(16)15-12(4-3-5-12)11(17)18-2/h3-5H2,1-2H3,(H,15,16). The molecule has 1 heterocycles. The van der Waals surface area contributed by atoms with E-state index in [-0.39, 0.29) is 11.9 Å². The first kappa shape index (κ1) is 15.0. The highest BCUT2D eigenvalue weighted by molar-refractivity contribution is 9.13. The van der Waals surface area contributed by atoms with Gasteiger partial charge in [-0.15, -0.1) is 11.3 Å². The number of thiophene rings is 1. The molecule has 1 aromatic heterocycles. The van der Waals surface area contributed by atoms with Crippen LogP contribution < -0.4 is 5.32 Å². The Kier molecular flexibility index (Phi) is 4.37. The van der Waals surface area contributed by atoms with Crippen molar-refractivity contribution < 1.29 is 14.3 Å². The van der Waals surface area contributed by atoms with E-state index in [1.54, 1.807) is 0 Å². The van der Waals surface area contributed by atoms with Crippen LogP contribution in [0.25, 0.3) is 0 Å². The second-order valence-electron chi connectivity index (χ2n) is 4.53. The molecule has 4 nitrogen and oxygen atoms in total. The van der Waals surface area contributed by atoms with E-state index < -0.39 is 5.54 Å².